The van der Waals surface area contributed by atoms with Crippen LogP contribution in [0.4, 0.5) is 5.82 Å². The number of sulfonamides is 1. The maximum atomic E-state index is 12.4. The van der Waals surface area contributed by atoms with Crippen molar-refractivity contribution in [2.24, 2.45) is 0 Å². The summed E-state index contributed by atoms with van der Waals surface area (Å²) in [6.45, 7) is 3.35. The Kier molecular flexibility index (Phi) is 5.50. The van der Waals surface area contributed by atoms with Crippen LogP contribution < -0.4 is 10.5 Å². The number of imidazole rings is 1. The van der Waals surface area contributed by atoms with Crippen LogP contribution in [0.3, 0.4) is 0 Å². The Morgan fingerprint density at radius 3 is 2.79 bits per heavy atom. The van der Waals surface area contributed by atoms with Crippen LogP contribution in [0, 0.1) is 0 Å². The van der Waals surface area contributed by atoms with Gasteiger partial charge in [0.15, 0.2) is 5.82 Å². The van der Waals surface area contributed by atoms with Crippen molar-refractivity contribution in [2.45, 2.75) is 24.3 Å². The molecule has 4 rings (SSSR count). The Hall–Kier alpha value is -2.53. The molecule has 0 aliphatic heterocycles. The van der Waals surface area contributed by atoms with Crippen LogP contribution in [0.1, 0.15) is 12.7 Å². The summed E-state index contributed by atoms with van der Waals surface area (Å²) in [7, 11) is -3.54. The molecule has 3 N–H and O–H groups in total. The number of hydrogen-bond acceptors (Lipinski definition) is 7. The van der Waals surface area contributed by atoms with Crippen molar-refractivity contribution >= 4 is 49.1 Å². The van der Waals surface area contributed by atoms with Gasteiger partial charge in [-0.15, -0.1) is 11.3 Å². The number of para-hydroxylation sites is 1. The summed E-state index contributed by atoms with van der Waals surface area (Å²) in [6, 6.07) is 11.0. The molecule has 1 aromatic carbocycles. The minimum absolute atomic E-state index is 0.210. The number of nitrogens with zero attached hydrogens (tertiary/aromatic N) is 3. The van der Waals surface area contributed by atoms with Gasteiger partial charge in [0.2, 0.25) is 10.0 Å². The number of fused-ring (bicyclic) bond motifs is 3. The molecule has 0 atom stereocenters. The Morgan fingerprint density at radius 1 is 1.21 bits per heavy atom. The van der Waals surface area contributed by atoms with Crippen LogP contribution in [0.5, 0.6) is 0 Å². The summed E-state index contributed by atoms with van der Waals surface area (Å²) in [6.07, 6.45) is 0. The highest BCUT2D eigenvalue weighted by molar-refractivity contribution is 7.91. The average Bonchev–Trinajstić information content (AvgIpc) is 3.36. The average molecular weight is 432 g/mol. The molecule has 0 radical (unpaired) electrons. The van der Waals surface area contributed by atoms with Gasteiger partial charge in [0.05, 0.1) is 11.0 Å². The number of ether oxygens (including phenoxy) is 1. The van der Waals surface area contributed by atoms with E-state index in [4.69, 9.17) is 10.5 Å². The smallest absolute Gasteiger partial charge is 0.250 e. The summed E-state index contributed by atoms with van der Waals surface area (Å²) in [4.78, 5) is 9.08. The molecule has 3 heterocycles. The van der Waals surface area contributed by atoms with Gasteiger partial charge in [0.1, 0.15) is 22.2 Å². The molecule has 0 fully saturated rings. The van der Waals surface area contributed by atoms with E-state index in [9.17, 15) is 8.42 Å². The van der Waals surface area contributed by atoms with E-state index in [0.717, 1.165) is 16.4 Å². The van der Waals surface area contributed by atoms with Crippen LogP contribution >= 0.6 is 11.3 Å². The first kappa shape index (κ1) is 19.8. The zero-order chi connectivity index (χ0) is 20.4. The topological polar surface area (TPSA) is 112 Å². The van der Waals surface area contributed by atoms with Gasteiger partial charge >= 0.3 is 0 Å². The molecule has 8 nitrogen and oxygen atoms in total. The fourth-order valence-electron chi connectivity index (χ4n) is 3.23. The monoisotopic (exact) mass is 431 g/mol. The van der Waals surface area contributed by atoms with Crippen molar-refractivity contribution in [2.75, 3.05) is 18.9 Å². The van der Waals surface area contributed by atoms with Gasteiger partial charge in [-0.25, -0.2) is 23.1 Å². The second-order valence-corrected chi connectivity index (χ2v) is 9.30. The van der Waals surface area contributed by atoms with Crippen molar-refractivity contribution in [3.63, 3.8) is 0 Å². The molecule has 4 aromatic rings. The van der Waals surface area contributed by atoms with Gasteiger partial charge in [0.25, 0.3) is 0 Å². The van der Waals surface area contributed by atoms with Crippen LogP contribution in [0.25, 0.3) is 21.9 Å². The van der Waals surface area contributed by atoms with Crippen LogP contribution in [0.15, 0.2) is 46.0 Å². The van der Waals surface area contributed by atoms with E-state index in [-0.39, 0.29) is 6.54 Å². The summed E-state index contributed by atoms with van der Waals surface area (Å²) >= 11 is 1.18. The van der Waals surface area contributed by atoms with E-state index in [1.165, 1.54) is 11.3 Å². The van der Waals surface area contributed by atoms with Crippen molar-refractivity contribution in [1.29, 1.82) is 0 Å². The number of thiophene rings is 1. The van der Waals surface area contributed by atoms with E-state index >= 15 is 0 Å². The van der Waals surface area contributed by atoms with E-state index in [0.29, 0.717) is 41.1 Å². The molecule has 152 valence electrons. The number of benzene rings is 1. The predicted molar refractivity (Wildman–Crippen MR) is 114 cm³/mol. The lowest BCUT2D eigenvalue weighted by Gasteiger charge is -2.12. The molecule has 10 heteroatoms. The third-order valence-electron chi connectivity index (χ3n) is 4.51. The highest BCUT2D eigenvalue weighted by atomic mass is 32.2. The fourth-order valence-corrected chi connectivity index (χ4v) is 5.29. The molecule has 0 aliphatic carbocycles. The standard InChI is InChI=1S/C19H21N5O3S2/c1-2-27-12-15-23-17-18(13-6-3-4-7-14(13)22-19(17)20)24(15)10-9-21-29(25,26)16-8-5-11-28-16/h3-8,11,21H,2,9-10,12H2,1H3,(H2,20,22). The van der Waals surface area contributed by atoms with Gasteiger partial charge in [-0.3, -0.25) is 0 Å². The number of nitrogens with one attached hydrogen (secondary N) is 1. The number of hydrogen-bond donors (Lipinski definition) is 2. The van der Waals surface area contributed by atoms with E-state index in [2.05, 4.69) is 14.7 Å². The lowest BCUT2D eigenvalue weighted by Crippen LogP contribution is -2.27. The SMILES string of the molecule is CCOCc1nc2c(N)nc3ccccc3c2n1CCNS(=O)(=O)c1cccs1. The fraction of sp³-hybridized carbons (Fsp3) is 0.263. The molecule has 0 spiro atoms. The van der Waals surface area contributed by atoms with E-state index in [1.54, 1.807) is 17.5 Å². The van der Waals surface area contributed by atoms with Crippen LogP contribution in [-0.2, 0) is 27.9 Å². The number of nitrogen functional groups attached to an aromatic ring is 1. The highest BCUT2D eigenvalue weighted by Crippen LogP contribution is 2.29. The van der Waals surface area contributed by atoms with Crippen LogP contribution in [0.2, 0.25) is 0 Å². The first-order valence-electron chi connectivity index (χ1n) is 9.15. The number of rotatable bonds is 8. The highest BCUT2D eigenvalue weighted by Gasteiger charge is 2.19. The van der Waals surface area contributed by atoms with Gasteiger partial charge < -0.3 is 15.0 Å². The second-order valence-electron chi connectivity index (χ2n) is 6.36. The summed E-state index contributed by atoms with van der Waals surface area (Å²) in [5.41, 5.74) is 8.35. The summed E-state index contributed by atoms with van der Waals surface area (Å²) in [5.74, 6) is 1.02. The third kappa shape index (κ3) is 3.84. The van der Waals surface area contributed by atoms with Crippen LogP contribution in [-0.4, -0.2) is 36.1 Å². The molecule has 29 heavy (non-hydrogen) atoms. The summed E-state index contributed by atoms with van der Waals surface area (Å²) < 4.78 is 35.3. The molecule has 0 aliphatic rings. The lowest BCUT2D eigenvalue weighted by molar-refractivity contribution is 0.126. The number of anilines is 1. The van der Waals surface area contributed by atoms with Gasteiger partial charge in [0, 0.05) is 25.1 Å². The minimum atomic E-state index is -3.54. The molecule has 0 saturated carbocycles. The predicted octanol–water partition coefficient (Wildman–Crippen LogP) is 2.74. The normalized spacial score (nSPS) is 12.2. The third-order valence-corrected chi connectivity index (χ3v) is 7.37. The second kappa shape index (κ2) is 8.07. The maximum absolute atomic E-state index is 12.4. The van der Waals surface area contributed by atoms with Crippen molar-refractivity contribution in [1.82, 2.24) is 19.3 Å². The Balaban J connectivity index is 1.73. The molecule has 0 amide bonds. The molecule has 0 saturated heterocycles. The number of nitrogens with two attached hydrogens (primary N) is 1. The maximum Gasteiger partial charge on any atom is 0.250 e. The van der Waals surface area contributed by atoms with E-state index in [1.807, 2.05) is 35.8 Å². The molecular weight excluding hydrogens is 410 g/mol. The van der Waals surface area contributed by atoms with Gasteiger partial charge in [-0.1, -0.05) is 24.3 Å². The van der Waals surface area contributed by atoms with Crippen molar-refractivity contribution < 1.29 is 13.2 Å². The van der Waals surface area contributed by atoms with Gasteiger partial charge in [-0.2, -0.15) is 0 Å². The number of aromatic nitrogens is 3. The molecule has 0 bridgehead atoms. The Labute approximate surface area is 172 Å². The van der Waals surface area contributed by atoms with Crippen molar-refractivity contribution in [3.05, 3.63) is 47.6 Å². The minimum Gasteiger partial charge on any atom is -0.382 e. The van der Waals surface area contributed by atoms with Crippen molar-refractivity contribution in [3.8, 4) is 0 Å². The zero-order valence-corrected chi connectivity index (χ0v) is 17.5. The Bertz CT molecular complexity index is 1250. The lowest BCUT2D eigenvalue weighted by atomic mass is 10.2. The quantitative estimate of drug-likeness (QED) is 0.444. The molecule has 3 aromatic heterocycles. The first-order valence-corrected chi connectivity index (χ1v) is 11.5. The van der Waals surface area contributed by atoms with E-state index < -0.39 is 10.0 Å². The Morgan fingerprint density at radius 2 is 2.03 bits per heavy atom. The van der Waals surface area contributed by atoms with Gasteiger partial charge in [-0.05, 0) is 24.4 Å². The summed E-state index contributed by atoms with van der Waals surface area (Å²) in [5, 5.41) is 2.65. The number of pyridine rings is 1. The first-order chi connectivity index (χ1) is 14.0. The zero-order valence-electron chi connectivity index (χ0n) is 15.8. The largest absolute Gasteiger partial charge is 0.382 e. The molecule has 0 unspecified atom stereocenters. The molecular formula is C19H21N5O3S2.